The second-order valence-electron chi connectivity index (χ2n) is 8.30. The van der Waals surface area contributed by atoms with E-state index >= 15 is 0 Å². The number of aryl methyl sites for hydroxylation is 2. The van der Waals surface area contributed by atoms with E-state index in [1.165, 1.54) is 25.1 Å². The van der Waals surface area contributed by atoms with Crippen LogP contribution in [-0.4, -0.2) is 64.4 Å². The molecule has 0 atom stereocenters. The molecule has 0 bridgehead atoms. The van der Waals surface area contributed by atoms with Crippen LogP contribution in [0.3, 0.4) is 0 Å². The molecule has 0 spiro atoms. The molecule has 0 aliphatic carbocycles. The van der Waals surface area contributed by atoms with Gasteiger partial charge in [0.15, 0.2) is 5.96 Å². The molecule has 7 heteroatoms. The maximum atomic E-state index is 4.42. The molecule has 0 amide bonds. The number of rotatable bonds is 10. The van der Waals surface area contributed by atoms with Gasteiger partial charge in [-0.3, -0.25) is 9.89 Å². The van der Waals surface area contributed by atoms with E-state index in [1.807, 2.05) is 7.05 Å². The maximum Gasteiger partial charge on any atom is 0.190 e. The maximum absolute atomic E-state index is 4.42. The lowest BCUT2D eigenvalue weighted by Crippen LogP contribution is -2.41. The van der Waals surface area contributed by atoms with Crippen molar-refractivity contribution in [3.8, 4) is 0 Å². The van der Waals surface area contributed by atoms with Gasteiger partial charge in [0.05, 0.1) is 0 Å². The minimum absolute atomic E-state index is 0.588. The van der Waals surface area contributed by atoms with E-state index in [9.17, 15) is 0 Å². The van der Waals surface area contributed by atoms with E-state index < -0.39 is 0 Å². The lowest BCUT2D eigenvalue weighted by molar-refractivity contribution is 0.173. The van der Waals surface area contributed by atoms with Crippen molar-refractivity contribution in [2.45, 2.75) is 91.3 Å². The Kier molecular flexibility index (Phi) is 9.75. The van der Waals surface area contributed by atoms with Gasteiger partial charge in [-0.25, -0.2) is 0 Å². The molecular formula is C21H41N7. The number of hydrogen-bond acceptors (Lipinski definition) is 4. The minimum Gasteiger partial charge on any atom is -0.356 e. The third-order valence-electron chi connectivity index (χ3n) is 5.49. The van der Waals surface area contributed by atoms with Crippen LogP contribution >= 0.6 is 0 Å². The predicted octanol–water partition coefficient (Wildman–Crippen LogP) is 2.61. The Balaban J connectivity index is 1.64. The van der Waals surface area contributed by atoms with Crippen molar-refractivity contribution in [3.05, 3.63) is 11.6 Å². The second-order valence-corrected chi connectivity index (χ2v) is 8.30. The zero-order valence-electron chi connectivity index (χ0n) is 18.7. The molecule has 0 radical (unpaired) electrons. The second kappa shape index (κ2) is 12.0. The van der Waals surface area contributed by atoms with Gasteiger partial charge in [0.1, 0.15) is 11.6 Å². The summed E-state index contributed by atoms with van der Waals surface area (Å²) in [7, 11) is 1.84. The van der Waals surface area contributed by atoms with Crippen LogP contribution in [-0.2, 0) is 19.4 Å². The van der Waals surface area contributed by atoms with Gasteiger partial charge in [0.25, 0.3) is 0 Å². The number of nitrogens with one attached hydrogen (secondary N) is 2. The third-order valence-corrected chi connectivity index (χ3v) is 5.49. The first-order valence-electron chi connectivity index (χ1n) is 11.1. The third kappa shape index (κ3) is 7.08. The molecule has 0 fully saturated rings. The molecule has 28 heavy (non-hydrogen) atoms. The summed E-state index contributed by atoms with van der Waals surface area (Å²) in [4.78, 5) is 6.87. The molecule has 1 aliphatic heterocycles. The highest BCUT2D eigenvalue weighted by atomic mass is 15.3. The topological polar surface area (TPSA) is 70.4 Å². The number of aromatic nitrogens is 3. The summed E-state index contributed by atoms with van der Waals surface area (Å²) >= 11 is 0. The van der Waals surface area contributed by atoms with Crippen molar-refractivity contribution in [1.82, 2.24) is 30.3 Å². The molecule has 0 saturated heterocycles. The fraction of sp³-hybridized carbons (Fsp3) is 0.857. The zero-order chi connectivity index (χ0) is 20.4. The van der Waals surface area contributed by atoms with Gasteiger partial charge in [0.2, 0.25) is 0 Å². The van der Waals surface area contributed by atoms with Crippen LogP contribution in [0.5, 0.6) is 0 Å². The molecule has 2 N–H and O–H groups in total. The highest BCUT2D eigenvalue weighted by Gasteiger charge is 2.14. The molecule has 0 saturated carbocycles. The van der Waals surface area contributed by atoms with E-state index in [0.29, 0.717) is 12.1 Å². The van der Waals surface area contributed by atoms with Crippen LogP contribution in [0.1, 0.15) is 71.4 Å². The van der Waals surface area contributed by atoms with E-state index in [2.05, 4.69) is 63.0 Å². The molecule has 2 heterocycles. The average molecular weight is 392 g/mol. The van der Waals surface area contributed by atoms with Crippen molar-refractivity contribution < 1.29 is 0 Å². The van der Waals surface area contributed by atoms with Crippen LogP contribution in [0.15, 0.2) is 4.99 Å². The number of aliphatic imine (C=N–C) groups is 1. The summed E-state index contributed by atoms with van der Waals surface area (Å²) in [6.07, 6.45) is 7.99. The van der Waals surface area contributed by atoms with Crippen molar-refractivity contribution in [2.24, 2.45) is 4.99 Å². The van der Waals surface area contributed by atoms with E-state index in [-0.39, 0.29) is 0 Å². The fourth-order valence-corrected chi connectivity index (χ4v) is 3.99. The van der Waals surface area contributed by atoms with Crippen molar-refractivity contribution in [2.75, 3.05) is 26.7 Å². The van der Waals surface area contributed by atoms with Crippen LogP contribution in [0.25, 0.3) is 0 Å². The monoisotopic (exact) mass is 391 g/mol. The number of fused-ring (bicyclic) bond motifs is 1. The number of hydrogen-bond donors (Lipinski definition) is 2. The standard InChI is InChI=1S/C21H41N7/c1-17(2)27(18(3)4)16-10-14-24-21(22-5)23-13-9-12-20-26-25-19-11-7-6-8-15-28(19)20/h17-18H,6-16H2,1-5H3,(H2,22,23,24). The van der Waals surface area contributed by atoms with E-state index in [1.54, 1.807) is 0 Å². The molecule has 1 aliphatic rings. The SMILES string of the molecule is CN=C(NCCCc1nnc2n1CCCCC2)NCCCN(C(C)C)C(C)C. The summed E-state index contributed by atoms with van der Waals surface area (Å²) in [5, 5.41) is 15.7. The normalized spacial score (nSPS) is 15.2. The first-order valence-corrected chi connectivity index (χ1v) is 11.1. The van der Waals surface area contributed by atoms with E-state index in [0.717, 1.165) is 63.6 Å². The molecule has 7 nitrogen and oxygen atoms in total. The predicted molar refractivity (Wildman–Crippen MR) is 117 cm³/mol. The average Bonchev–Trinajstić information content (AvgIpc) is 2.88. The van der Waals surface area contributed by atoms with E-state index in [4.69, 9.17) is 0 Å². The van der Waals surface area contributed by atoms with Crippen LogP contribution in [0.2, 0.25) is 0 Å². The lowest BCUT2D eigenvalue weighted by Gasteiger charge is -2.30. The summed E-state index contributed by atoms with van der Waals surface area (Å²) in [6.45, 7) is 13.1. The first kappa shape index (κ1) is 22.7. The van der Waals surface area contributed by atoms with Gasteiger partial charge in [0, 0.05) is 58.2 Å². The Labute approximate surface area is 171 Å². The highest BCUT2D eigenvalue weighted by Crippen LogP contribution is 2.15. The Morgan fingerprint density at radius 3 is 2.43 bits per heavy atom. The number of guanidine groups is 1. The minimum atomic E-state index is 0.588. The van der Waals surface area contributed by atoms with Gasteiger partial charge in [-0.15, -0.1) is 10.2 Å². The highest BCUT2D eigenvalue weighted by molar-refractivity contribution is 5.79. The van der Waals surface area contributed by atoms with Crippen molar-refractivity contribution >= 4 is 5.96 Å². The summed E-state index contributed by atoms with van der Waals surface area (Å²) in [5.41, 5.74) is 0. The molecule has 1 aromatic heterocycles. The van der Waals surface area contributed by atoms with Gasteiger partial charge >= 0.3 is 0 Å². The summed E-state index contributed by atoms with van der Waals surface area (Å²) in [6, 6.07) is 1.18. The quantitative estimate of drug-likeness (QED) is 0.364. The van der Waals surface area contributed by atoms with Gasteiger partial charge in [-0.2, -0.15) is 0 Å². The van der Waals surface area contributed by atoms with Gasteiger partial charge in [-0.1, -0.05) is 6.42 Å². The first-order chi connectivity index (χ1) is 13.5. The summed E-state index contributed by atoms with van der Waals surface area (Å²) < 4.78 is 2.34. The smallest absolute Gasteiger partial charge is 0.190 e. The number of nitrogens with zero attached hydrogens (tertiary/aromatic N) is 5. The van der Waals surface area contributed by atoms with Crippen LogP contribution in [0, 0.1) is 0 Å². The molecule has 160 valence electrons. The molecule has 0 aromatic carbocycles. The van der Waals surface area contributed by atoms with Crippen molar-refractivity contribution in [3.63, 3.8) is 0 Å². The molecule has 1 aromatic rings. The largest absolute Gasteiger partial charge is 0.356 e. The Morgan fingerprint density at radius 2 is 1.75 bits per heavy atom. The molecule has 0 unspecified atom stereocenters. The fourth-order valence-electron chi connectivity index (χ4n) is 3.99. The zero-order valence-corrected chi connectivity index (χ0v) is 18.7. The molecular weight excluding hydrogens is 350 g/mol. The van der Waals surface area contributed by atoms with Gasteiger partial charge < -0.3 is 15.2 Å². The Morgan fingerprint density at radius 1 is 1.04 bits per heavy atom. The van der Waals surface area contributed by atoms with Gasteiger partial charge in [-0.05, 0) is 53.4 Å². The summed E-state index contributed by atoms with van der Waals surface area (Å²) in [5.74, 6) is 3.21. The molecule has 2 rings (SSSR count). The lowest BCUT2D eigenvalue weighted by atomic mass is 10.2. The Hall–Kier alpha value is -1.63. The van der Waals surface area contributed by atoms with Crippen LogP contribution in [0.4, 0.5) is 0 Å². The Bertz CT molecular complexity index is 584. The van der Waals surface area contributed by atoms with Crippen LogP contribution < -0.4 is 10.6 Å². The van der Waals surface area contributed by atoms with Crippen molar-refractivity contribution in [1.29, 1.82) is 0 Å².